The van der Waals surface area contributed by atoms with E-state index in [0.29, 0.717) is 6.42 Å². The van der Waals surface area contributed by atoms with Crippen molar-refractivity contribution in [1.29, 1.82) is 0 Å². The second kappa shape index (κ2) is 27.7. The van der Waals surface area contributed by atoms with Crippen molar-refractivity contribution in [1.82, 2.24) is 5.32 Å². The number of nitrogens with one attached hydrogen (secondary N) is 1. The molecular weight excluding hydrogens is 522 g/mol. The van der Waals surface area contributed by atoms with Crippen molar-refractivity contribution in [2.45, 2.75) is 161 Å². The minimum atomic E-state index is -4.34. The van der Waals surface area contributed by atoms with Crippen LogP contribution in [0.3, 0.4) is 0 Å². The molecule has 234 valence electrons. The third-order valence-corrected chi connectivity index (χ3v) is 7.82. The molecule has 0 rings (SSSR count). The Morgan fingerprint density at radius 1 is 0.650 bits per heavy atom. The monoisotopic (exact) mass is 583 g/mol. The van der Waals surface area contributed by atoms with Gasteiger partial charge in [-0.25, -0.2) is 0 Å². The molecule has 1 amide bonds. The number of rotatable bonds is 28. The van der Waals surface area contributed by atoms with Crippen molar-refractivity contribution in [3.05, 3.63) is 36.5 Å². The molecule has 0 aliphatic carbocycles. The van der Waals surface area contributed by atoms with Crippen LogP contribution in [-0.2, 0) is 14.9 Å². The number of aliphatic hydroxyl groups is 1. The molecule has 0 aromatic heterocycles. The van der Waals surface area contributed by atoms with Crippen molar-refractivity contribution < 1.29 is 22.9 Å². The lowest BCUT2D eigenvalue weighted by Crippen LogP contribution is -2.46. The SMILES string of the molecule is CCCCCC/C=C/CC/C=C/C(O)C(CS(=O)(=O)O)NC(=O)CCCCCCC/C=C\CCCCCCCC. The predicted molar refractivity (Wildman–Crippen MR) is 170 cm³/mol. The first-order valence-corrected chi connectivity index (χ1v) is 17.8. The minimum Gasteiger partial charge on any atom is -0.387 e. The molecule has 6 nitrogen and oxygen atoms in total. The average Bonchev–Trinajstić information content (AvgIpc) is 2.90. The summed E-state index contributed by atoms with van der Waals surface area (Å²) in [5.74, 6) is -1.02. The van der Waals surface area contributed by atoms with Gasteiger partial charge in [-0.2, -0.15) is 8.42 Å². The lowest BCUT2D eigenvalue weighted by molar-refractivity contribution is -0.122. The number of hydrogen-bond acceptors (Lipinski definition) is 4. The van der Waals surface area contributed by atoms with Gasteiger partial charge in [-0.05, 0) is 57.8 Å². The van der Waals surface area contributed by atoms with E-state index in [1.807, 2.05) is 0 Å². The Morgan fingerprint density at radius 3 is 1.60 bits per heavy atom. The Kier molecular flexibility index (Phi) is 26.7. The zero-order valence-corrected chi connectivity index (χ0v) is 26.5. The third kappa shape index (κ3) is 28.1. The molecule has 0 fully saturated rings. The molecule has 0 bridgehead atoms. The standard InChI is InChI=1S/C33H61NO5S/c1-3-5-7-9-11-13-15-16-17-18-19-21-23-25-27-29-33(36)34-31(30-40(37,38)39)32(35)28-26-24-22-20-14-12-10-8-6-4-2/h14,16-17,20,26,28,31-32,35H,3-13,15,18-19,21-25,27,29-30H2,1-2H3,(H,34,36)(H,37,38,39)/b17-16-,20-14+,28-26+. The molecule has 0 aliphatic heterocycles. The van der Waals surface area contributed by atoms with Crippen molar-refractivity contribution >= 4 is 16.0 Å². The molecule has 3 N–H and O–H groups in total. The number of allylic oxidation sites excluding steroid dienone is 5. The van der Waals surface area contributed by atoms with Gasteiger partial charge in [-0.15, -0.1) is 0 Å². The summed E-state index contributed by atoms with van der Waals surface area (Å²) in [4.78, 5) is 12.4. The second-order valence-corrected chi connectivity index (χ2v) is 12.6. The molecule has 40 heavy (non-hydrogen) atoms. The lowest BCUT2D eigenvalue weighted by Gasteiger charge is -2.21. The summed E-state index contributed by atoms with van der Waals surface area (Å²) in [6, 6.07) is -1.07. The van der Waals surface area contributed by atoms with E-state index in [1.165, 1.54) is 76.7 Å². The summed E-state index contributed by atoms with van der Waals surface area (Å²) in [5, 5.41) is 13.1. The van der Waals surface area contributed by atoms with E-state index in [-0.39, 0.29) is 12.3 Å². The van der Waals surface area contributed by atoms with Crippen LogP contribution in [0.15, 0.2) is 36.5 Å². The van der Waals surface area contributed by atoms with Gasteiger partial charge in [-0.1, -0.05) is 121 Å². The molecule has 0 saturated heterocycles. The topological polar surface area (TPSA) is 104 Å². The number of carbonyl (C=O) groups is 1. The van der Waals surface area contributed by atoms with Gasteiger partial charge in [0.25, 0.3) is 10.1 Å². The highest BCUT2D eigenvalue weighted by Gasteiger charge is 2.24. The van der Waals surface area contributed by atoms with Crippen LogP contribution in [0.25, 0.3) is 0 Å². The van der Waals surface area contributed by atoms with Crippen LogP contribution < -0.4 is 5.32 Å². The number of hydrogen-bond donors (Lipinski definition) is 3. The predicted octanol–water partition coefficient (Wildman–Crippen LogP) is 8.62. The van der Waals surface area contributed by atoms with E-state index in [2.05, 4.69) is 43.5 Å². The Hall–Kier alpha value is -1.44. The van der Waals surface area contributed by atoms with Gasteiger partial charge >= 0.3 is 0 Å². The molecule has 0 spiro atoms. The first-order chi connectivity index (χ1) is 19.3. The van der Waals surface area contributed by atoms with Gasteiger partial charge in [0.15, 0.2) is 0 Å². The maximum absolute atomic E-state index is 12.4. The Labute approximate surface area is 246 Å². The molecule has 2 unspecified atom stereocenters. The van der Waals surface area contributed by atoms with Gasteiger partial charge in [0.1, 0.15) is 0 Å². The largest absolute Gasteiger partial charge is 0.387 e. The highest BCUT2D eigenvalue weighted by Crippen LogP contribution is 2.11. The normalized spacial score (nSPS) is 14.0. The van der Waals surface area contributed by atoms with E-state index in [9.17, 15) is 22.9 Å². The first-order valence-electron chi connectivity index (χ1n) is 16.2. The summed E-state index contributed by atoms with van der Waals surface area (Å²) in [5.41, 5.74) is 0. The molecule has 0 heterocycles. The van der Waals surface area contributed by atoms with Crippen LogP contribution in [0.5, 0.6) is 0 Å². The van der Waals surface area contributed by atoms with Gasteiger partial charge in [0.2, 0.25) is 5.91 Å². The van der Waals surface area contributed by atoms with Crippen LogP contribution in [0.2, 0.25) is 0 Å². The maximum Gasteiger partial charge on any atom is 0.267 e. The Balaban J connectivity index is 4.09. The zero-order chi connectivity index (χ0) is 29.7. The second-order valence-electron chi connectivity index (χ2n) is 11.1. The number of carbonyl (C=O) groups excluding carboxylic acids is 1. The van der Waals surface area contributed by atoms with Crippen LogP contribution >= 0.6 is 0 Å². The third-order valence-electron chi connectivity index (χ3n) is 7.04. The van der Waals surface area contributed by atoms with E-state index in [4.69, 9.17) is 0 Å². The fraction of sp³-hybridized carbons (Fsp3) is 0.788. The fourth-order valence-corrected chi connectivity index (χ4v) is 5.31. The number of aliphatic hydroxyl groups excluding tert-OH is 1. The number of amides is 1. The summed E-state index contributed by atoms with van der Waals surface area (Å²) in [6.45, 7) is 4.44. The molecule has 0 aromatic rings. The highest BCUT2D eigenvalue weighted by atomic mass is 32.2. The number of unbranched alkanes of at least 4 members (excludes halogenated alkanes) is 16. The molecule has 7 heteroatoms. The van der Waals surface area contributed by atoms with Crippen LogP contribution in [0.1, 0.15) is 149 Å². The van der Waals surface area contributed by atoms with E-state index in [1.54, 1.807) is 6.08 Å². The molecule has 0 aromatic carbocycles. The van der Waals surface area contributed by atoms with Crippen molar-refractivity contribution in [2.24, 2.45) is 0 Å². The molecule has 2 atom stereocenters. The molecule has 0 aliphatic rings. The Bertz CT molecular complexity index is 776. The van der Waals surface area contributed by atoms with Crippen molar-refractivity contribution in [3.63, 3.8) is 0 Å². The van der Waals surface area contributed by atoms with Crippen LogP contribution in [0.4, 0.5) is 0 Å². The smallest absolute Gasteiger partial charge is 0.267 e. The van der Waals surface area contributed by atoms with Gasteiger partial charge in [-0.3, -0.25) is 9.35 Å². The highest BCUT2D eigenvalue weighted by molar-refractivity contribution is 7.85. The van der Waals surface area contributed by atoms with Crippen molar-refractivity contribution in [3.8, 4) is 0 Å². The van der Waals surface area contributed by atoms with E-state index >= 15 is 0 Å². The first kappa shape index (κ1) is 38.6. The zero-order valence-electron chi connectivity index (χ0n) is 25.7. The molecule has 0 saturated carbocycles. The van der Waals surface area contributed by atoms with Gasteiger partial charge in [0, 0.05) is 6.42 Å². The quantitative estimate of drug-likeness (QED) is 0.0486. The summed E-state index contributed by atoms with van der Waals surface area (Å²) < 4.78 is 32.2. The van der Waals surface area contributed by atoms with Crippen molar-refractivity contribution in [2.75, 3.05) is 5.75 Å². The van der Waals surface area contributed by atoms with Crippen LogP contribution in [0, 0.1) is 0 Å². The lowest BCUT2D eigenvalue weighted by atomic mass is 10.1. The van der Waals surface area contributed by atoms with Crippen LogP contribution in [-0.4, -0.2) is 41.9 Å². The fourth-order valence-electron chi connectivity index (χ4n) is 4.57. The van der Waals surface area contributed by atoms with Gasteiger partial charge in [0.05, 0.1) is 17.9 Å². The summed E-state index contributed by atoms with van der Waals surface area (Å²) >= 11 is 0. The van der Waals surface area contributed by atoms with E-state index < -0.39 is 28.0 Å². The minimum absolute atomic E-state index is 0.277. The average molecular weight is 584 g/mol. The van der Waals surface area contributed by atoms with E-state index in [0.717, 1.165) is 51.4 Å². The molecular formula is C33H61NO5S. The maximum atomic E-state index is 12.4. The molecule has 0 radical (unpaired) electrons. The summed E-state index contributed by atoms with van der Waals surface area (Å²) in [6.07, 6.45) is 34.2. The van der Waals surface area contributed by atoms with Gasteiger partial charge < -0.3 is 10.4 Å². The summed E-state index contributed by atoms with van der Waals surface area (Å²) in [7, 11) is -4.34. The Morgan fingerprint density at radius 2 is 1.07 bits per heavy atom.